The summed E-state index contributed by atoms with van der Waals surface area (Å²) >= 11 is 0. The molecule has 3 N–H and O–H groups in total. The van der Waals surface area contributed by atoms with Crippen LogP contribution in [0.15, 0.2) is 0 Å². The number of amides is 1. The van der Waals surface area contributed by atoms with E-state index in [1.54, 1.807) is 6.92 Å². The van der Waals surface area contributed by atoms with Crippen LogP contribution in [-0.4, -0.2) is 30.2 Å². The molecule has 0 aliphatic heterocycles. The number of carbonyl (C=O) groups excluding carboxylic acids is 1. The predicted molar refractivity (Wildman–Crippen MR) is 64.1 cm³/mol. The van der Waals surface area contributed by atoms with E-state index < -0.39 is 6.10 Å². The average molecular weight is 228 g/mol. The van der Waals surface area contributed by atoms with Gasteiger partial charge in [0.15, 0.2) is 0 Å². The van der Waals surface area contributed by atoms with Gasteiger partial charge in [-0.15, -0.1) is 0 Å². The van der Waals surface area contributed by atoms with E-state index in [4.69, 9.17) is 10.5 Å². The largest absolute Gasteiger partial charge is 0.361 e. The van der Waals surface area contributed by atoms with Crippen LogP contribution in [-0.2, 0) is 9.53 Å². The Morgan fingerprint density at radius 2 is 1.94 bits per heavy atom. The molecular formula is C12H24N2O2. The third-order valence-corrected chi connectivity index (χ3v) is 3.11. The Morgan fingerprint density at radius 1 is 1.38 bits per heavy atom. The Bertz CT molecular complexity index is 235. The summed E-state index contributed by atoms with van der Waals surface area (Å²) in [5.74, 6) is -0.0466. The van der Waals surface area contributed by atoms with Crippen molar-refractivity contribution in [3.63, 3.8) is 0 Å². The Morgan fingerprint density at radius 3 is 2.38 bits per heavy atom. The van der Waals surface area contributed by atoms with E-state index in [0.717, 1.165) is 25.7 Å². The summed E-state index contributed by atoms with van der Waals surface area (Å²) in [7, 11) is 0. The summed E-state index contributed by atoms with van der Waals surface area (Å²) in [6, 6.07) is 0.149. The summed E-state index contributed by atoms with van der Waals surface area (Å²) in [5.41, 5.74) is 5.51. The van der Waals surface area contributed by atoms with Crippen molar-refractivity contribution >= 4 is 5.91 Å². The Balaban J connectivity index is 2.48. The molecule has 0 aromatic heterocycles. The molecule has 1 aliphatic carbocycles. The molecule has 1 saturated carbocycles. The second kappa shape index (κ2) is 5.64. The van der Waals surface area contributed by atoms with Gasteiger partial charge in [-0.25, -0.2) is 0 Å². The summed E-state index contributed by atoms with van der Waals surface area (Å²) in [4.78, 5) is 11.7. The molecule has 4 heteroatoms. The lowest BCUT2D eigenvalue weighted by atomic mass is 10.0. The molecule has 0 radical (unpaired) electrons. The molecular weight excluding hydrogens is 204 g/mol. The van der Waals surface area contributed by atoms with Crippen molar-refractivity contribution in [3.8, 4) is 0 Å². The number of nitrogens with one attached hydrogen (secondary N) is 1. The van der Waals surface area contributed by atoms with E-state index in [1.165, 1.54) is 0 Å². The van der Waals surface area contributed by atoms with Crippen LogP contribution in [0.25, 0.3) is 0 Å². The highest BCUT2D eigenvalue weighted by molar-refractivity contribution is 5.80. The van der Waals surface area contributed by atoms with Gasteiger partial charge in [0, 0.05) is 12.6 Å². The Labute approximate surface area is 97.9 Å². The molecule has 0 aromatic rings. The summed E-state index contributed by atoms with van der Waals surface area (Å²) < 4.78 is 5.87. The highest BCUT2D eigenvalue weighted by atomic mass is 16.5. The normalized spacial score (nSPS) is 21.1. The maximum Gasteiger partial charge on any atom is 0.249 e. The minimum absolute atomic E-state index is 0.0466. The van der Waals surface area contributed by atoms with Gasteiger partial charge >= 0.3 is 0 Å². The zero-order valence-electron chi connectivity index (χ0n) is 10.6. The molecule has 0 aromatic carbocycles. The van der Waals surface area contributed by atoms with Crippen molar-refractivity contribution in [1.29, 1.82) is 0 Å². The lowest BCUT2D eigenvalue weighted by molar-refractivity contribution is -0.144. The first-order valence-electron chi connectivity index (χ1n) is 6.17. The van der Waals surface area contributed by atoms with Crippen LogP contribution >= 0.6 is 0 Å². The van der Waals surface area contributed by atoms with E-state index in [1.807, 2.05) is 13.8 Å². The smallest absolute Gasteiger partial charge is 0.249 e. The number of hydrogen-bond acceptors (Lipinski definition) is 3. The van der Waals surface area contributed by atoms with Crippen molar-refractivity contribution in [3.05, 3.63) is 0 Å². The van der Waals surface area contributed by atoms with Gasteiger partial charge < -0.3 is 15.8 Å². The molecule has 0 bridgehead atoms. The van der Waals surface area contributed by atoms with Crippen LogP contribution in [0.4, 0.5) is 0 Å². The van der Waals surface area contributed by atoms with Gasteiger partial charge in [0.05, 0.1) is 5.60 Å². The zero-order valence-corrected chi connectivity index (χ0v) is 10.6. The molecule has 1 amide bonds. The summed E-state index contributed by atoms with van der Waals surface area (Å²) in [5, 5.41) is 2.85. The molecule has 4 nitrogen and oxygen atoms in total. The van der Waals surface area contributed by atoms with Crippen LogP contribution in [0.1, 0.15) is 46.5 Å². The predicted octanol–water partition coefficient (Wildman–Crippen LogP) is 1.19. The number of rotatable bonds is 5. The van der Waals surface area contributed by atoms with E-state index in [2.05, 4.69) is 5.32 Å². The van der Waals surface area contributed by atoms with E-state index >= 15 is 0 Å². The molecule has 1 atom stereocenters. The SMILES string of the molecule is CC(C)NC(=O)C(C)OC1(CN)CCCC1. The fourth-order valence-electron chi connectivity index (χ4n) is 2.22. The van der Waals surface area contributed by atoms with Gasteiger partial charge in [-0.2, -0.15) is 0 Å². The lowest BCUT2D eigenvalue weighted by Gasteiger charge is -2.31. The van der Waals surface area contributed by atoms with E-state index in [0.29, 0.717) is 6.54 Å². The maximum absolute atomic E-state index is 11.7. The van der Waals surface area contributed by atoms with Crippen LogP contribution in [0, 0.1) is 0 Å². The number of hydrogen-bond donors (Lipinski definition) is 2. The van der Waals surface area contributed by atoms with Gasteiger partial charge in [0.25, 0.3) is 0 Å². The fourth-order valence-corrected chi connectivity index (χ4v) is 2.22. The number of ether oxygens (including phenoxy) is 1. The second-order valence-electron chi connectivity index (χ2n) is 5.02. The van der Waals surface area contributed by atoms with Gasteiger partial charge in [-0.3, -0.25) is 4.79 Å². The molecule has 0 heterocycles. The maximum atomic E-state index is 11.7. The van der Waals surface area contributed by atoms with Gasteiger partial charge in [0.1, 0.15) is 6.10 Å². The first kappa shape index (κ1) is 13.5. The van der Waals surface area contributed by atoms with Crippen LogP contribution < -0.4 is 11.1 Å². The van der Waals surface area contributed by atoms with Crippen LogP contribution in [0.2, 0.25) is 0 Å². The van der Waals surface area contributed by atoms with Crippen LogP contribution in [0.5, 0.6) is 0 Å². The van der Waals surface area contributed by atoms with Crippen LogP contribution in [0.3, 0.4) is 0 Å². The van der Waals surface area contributed by atoms with E-state index in [-0.39, 0.29) is 17.6 Å². The molecule has 94 valence electrons. The number of carbonyl (C=O) groups is 1. The summed E-state index contributed by atoms with van der Waals surface area (Å²) in [6.45, 7) is 6.19. The zero-order chi connectivity index (χ0) is 12.2. The third-order valence-electron chi connectivity index (χ3n) is 3.11. The monoisotopic (exact) mass is 228 g/mol. The first-order valence-corrected chi connectivity index (χ1v) is 6.17. The second-order valence-corrected chi connectivity index (χ2v) is 5.02. The van der Waals surface area contributed by atoms with Gasteiger partial charge in [-0.05, 0) is 33.6 Å². The molecule has 0 spiro atoms. The quantitative estimate of drug-likeness (QED) is 0.743. The molecule has 1 rings (SSSR count). The van der Waals surface area contributed by atoms with E-state index in [9.17, 15) is 4.79 Å². The van der Waals surface area contributed by atoms with Crippen molar-refractivity contribution in [2.24, 2.45) is 5.73 Å². The molecule has 1 fully saturated rings. The third kappa shape index (κ3) is 3.46. The minimum Gasteiger partial charge on any atom is -0.361 e. The highest BCUT2D eigenvalue weighted by Gasteiger charge is 2.36. The summed E-state index contributed by atoms with van der Waals surface area (Å²) in [6.07, 6.45) is 3.83. The number of nitrogens with two attached hydrogens (primary N) is 1. The highest BCUT2D eigenvalue weighted by Crippen LogP contribution is 2.33. The van der Waals surface area contributed by atoms with Gasteiger partial charge in [0.2, 0.25) is 5.91 Å². The Hall–Kier alpha value is -0.610. The Kier molecular flexibility index (Phi) is 4.74. The fraction of sp³-hybridized carbons (Fsp3) is 0.917. The molecule has 1 unspecified atom stereocenters. The topological polar surface area (TPSA) is 64.3 Å². The van der Waals surface area contributed by atoms with Crippen molar-refractivity contribution < 1.29 is 9.53 Å². The van der Waals surface area contributed by atoms with Crippen molar-refractivity contribution in [2.45, 2.75) is 64.2 Å². The lowest BCUT2D eigenvalue weighted by Crippen LogP contribution is -2.46. The average Bonchev–Trinajstić information content (AvgIpc) is 2.66. The van der Waals surface area contributed by atoms with Gasteiger partial charge in [-0.1, -0.05) is 12.8 Å². The molecule has 1 aliphatic rings. The standard InChI is InChI=1S/C12H24N2O2/c1-9(2)14-11(15)10(3)16-12(8-13)6-4-5-7-12/h9-10H,4-8,13H2,1-3H3,(H,14,15). The van der Waals surface area contributed by atoms with Crippen molar-refractivity contribution in [1.82, 2.24) is 5.32 Å². The minimum atomic E-state index is -0.413. The molecule has 0 saturated heterocycles. The first-order chi connectivity index (χ1) is 7.49. The molecule has 16 heavy (non-hydrogen) atoms. The van der Waals surface area contributed by atoms with Crippen molar-refractivity contribution in [2.75, 3.05) is 6.54 Å².